The number of aliphatic hydroxyl groups excluding tert-OH is 1. The first-order valence-corrected chi connectivity index (χ1v) is 8.51. The zero-order valence-electron chi connectivity index (χ0n) is 13.0. The predicted octanol–water partition coefficient (Wildman–Crippen LogP) is 3.35. The summed E-state index contributed by atoms with van der Waals surface area (Å²) >= 11 is 0. The van der Waals surface area contributed by atoms with E-state index in [1.54, 1.807) is 12.1 Å². The number of rotatable bonds is 1. The summed E-state index contributed by atoms with van der Waals surface area (Å²) < 4.78 is 0. The lowest BCUT2D eigenvalue weighted by atomic mass is 9.54. The minimum absolute atomic E-state index is 0.0308. The molecule has 0 heterocycles. The van der Waals surface area contributed by atoms with Crippen LogP contribution in [-0.4, -0.2) is 22.6 Å². The molecule has 118 valence electrons. The van der Waals surface area contributed by atoms with Crippen LogP contribution in [0.5, 0.6) is 5.75 Å². The van der Waals surface area contributed by atoms with Gasteiger partial charge in [-0.3, -0.25) is 0 Å². The second kappa shape index (κ2) is 4.82. The summed E-state index contributed by atoms with van der Waals surface area (Å²) in [5.74, 6) is 1.63. The molecule has 0 spiro atoms. The number of benzene rings is 1. The van der Waals surface area contributed by atoms with Crippen LogP contribution in [0.1, 0.15) is 62.0 Å². The van der Waals surface area contributed by atoms with Gasteiger partial charge in [-0.2, -0.15) is 0 Å². The van der Waals surface area contributed by atoms with Crippen LogP contribution in [0.4, 0.5) is 0 Å². The van der Waals surface area contributed by atoms with Gasteiger partial charge in [0.2, 0.25) is 0 Å². The van der Waals surface area contributed by atoms with E-state index in [2.05, 4.69) is 6.92 Å². The summed E-state index contributed by atoms with van der Waals surface area (Å²) in [7, 11) is 0. The van der Waals surface area contributed by atoms with Gasteiger partial charge in [-0.1, -0.05) is 13.0 Å². The maximum absolute atomic E-state index is 11.6. The number of aliphatic hydroxyl groups is 1. The van der Waals surface area contributed by atoms with Gasteiger partial charge in [0.1, 0.15) is 12.0 Å². The van der Waals surface area contributed by atoms with Crippen LogP contribution >= 0.6 is 0 Å². The molecular weight excluding hydrogens is 276 g/mol. The van der Waals surface area contributed by atoms with Gasteiger partial charge in [-0.15, -0.1) is 0 Å². The minimum Gasteiger partial charge on any atom is -0.508 e. The molecule has 3 heteroatoms. The molecule has 0 aromatic heterocycles. The lowest BCUT2D eigenvalue weighted by Crippen LogP contribution is -2.44. The molecule has 2 fully saturated rings. The Morgan fingerprint density at radius 1 is 1.23 bits per heavy atom. The Labute approximate surface area is 131 Å². The van der Waals surface area contributed by atoms with Crippen molar-refractivity contribution < 1.29 is 15.0 Å². The van der Waals surface area contributed by atoms with Gasteiger partial charge in [0.05, 0.1) is 6.10 Å². The Morgan fingerprint density at radius 3 is 2.82 bits per heavy atom. The molecule has 6 atom stereocenters. The average Bonchev–Trinajstić information content (AvgIpc) is 2.82. The number of phenolic OH excluding ortho intramolecular Hbond substituents is 1. The number of carbonyl (C=O) groups excluding carboxylic acids is 1. The molecule has 4 rings (SSSR count). The average molecular weight is 300 g/mol. The molecule has 22 heavy (non-hydrogen) atoms. The van der Waals surface area contributed by atoms with Gasteiger partial charge in [0, 0.05) is 5.92 Å². The number of hydrogen-bond donors (Lipinski definition) is 2. The monoisotopic (exact) mass is 300 g/mol. The van der Waals surface area contributed by atoms with Crippen LogP contribution in [0.3, 0.4) is 0 Å². The highest BCUT2D eigenvalue weighted by Crippen LogP contribution is 2.62. The van der Waals surface area contributed by atoms with Crippen molar-refractivity contribution in [2.45, 2.75) is 57.0 Å². The van der Waals surface area contributed by atoms with E-state index in [1.807, 2.05) is 6.07 Å². The second-order valence-corrected chi connectivity index (χ2v) is 7.81. The first kappa shape index (κ1) is 14.3. The summed E-state index contributed by atoms with van der Waals surface area (Å²) in [6.45, 7) is 2.24. The SMILES string of the molecule is C[C@]12CC[C@@H]3c4ccc(O)cc4C(C=O)C[C@H]3[C@@H]1CC[C@H]2O. The lowest BCUT2D eigenvalue weighted by Gasteiger charge is -2.51. The summed E-state index contributed by atoms with van der Waals surface area (Å²) in [6, 6.07) is 5.55. The van der Waals surface area contributed by atoms with Crippen molar-refractivity contribution in [2.75, 3.05) is 0 Å². The number of fused-ring (bicyclic) bond motifs is 5. The Bertz CT molecular complexity index is 611. The zero-order chi connectivity index (χ0) is 15.5. The quantitative estimate of drug-likeness (QED) is 0.782. The van der Waals surface area contributed by atoms with Crippen LogP contribution in [0.2, 0.25) is 0 Å². The molecule has 3 aliphatic rings. The highest BCUT2D eigenvalue weighted by molar-refractivity contribution is 5.65. The largest absolute Gasteiger partial charge is 0.508 e. The van der Waals surface area contributed by atoms with E-state index in [0.29, 0.717) is 17.8 Å². The number of hydrogen-bond acceptors (Lipinski definition) is 3. The standard InChI is InChI=1S/C19H24O3/c1-19-7-6-14-13-3-2-12(21)9-15(13)11(10-20)8-16(14)17(19)4-5-18(19)22/h2-3,9-11,14,16-18,21-22H,4-8H2,1H3/t11?,14-,16-,17+,18-,19+/m1/s1. The molecule has 3 aliphatic carbocycles. The molecule has 1 aromatic carbocycles. The van der Waals surface area contributed by atoms with Crippen molar-refractivity contribution in [2.24, 2.45) is 17.3 Å². The second-order valence-electron chi connectivity index (χ2n) is 7.81. The molecular formula is C19H24O3. The molecule has 0 saturated heterocycles. The molecule has 0 bridgehead atoms. The molecule has 1 aromatic rings. The van der Waals surface area contributed by atoms with Gasteiger partial charge in [-0.25, -0.2) is 0 Å². The number of carbonyl (C=O) groups is 1. The third-order valence-corrected chi connectivity index (χ3v) is 6.95. The molecule has 3 nitrogen and oxygen atoms in total. The van der Waals surface area contributed by atoms with E-state index in [-0.39, 0.29) is 23.2 Å². The summed E-state index contributed by atoms with van der Waals surface area (Å²) in [5.41, 5.74) is 2.32. The van der Waals surface area contributed by atoms with Crippen molar-refractivity contribution >= 4 is 6.29 Å². The normalized spacial score (nSPS) is 43.1. The molecule has 0 radical (unpaired) electrons. The fraction of sp³-hybridized carbons (Fsp3) is 0.632. The van der Waals surface area contributed by atoms with Crippen LogP contribution in [-0.2, 0) is 4.79 Å². The van der Waals surface area contributed by atoms with Gasteiger partial charge in [0.25, 0.3) is 0 Å². The Kier molecular flexibility index (Phi) is 3.12. The van der Waals surface area contributed by atoms with Gasteiger partial charge >= 0.3 is 0 Å². The van der Waals surface area contributed by atoms with Crippen molar-refractivity contribution in [3.8, 4) is 5.75 Å². The molecule has 2 saturated carbocycles. The molecule has 2 N–H and O–H groups in total. The fourth-order valence-corrected chi connectivity index (χ4v) is 5.74. The van der Waals surface area contributed by atoms with E-state index >= 15 is 0 Å². The Hall–Kier alpha value is -1.35. The van der Waals surface area contributed by atoms with Crippen LogP contribution in [0, 0.1) is 17.3 Å². The maximum atomic E-state index is 11.6. The molecule has 0 aliphatic heterocycles. The first-order valence-electron chi connectivity index (χ1n) is 8.51. The Balaban J connectivity index is 1.77. The fourth-order valence-electron chi connectivity index (χ4n) is 5.74. The highest BCUT2D eigenvalue weighted by Gasteiger charge is 2.55. The van der Waals surface area contributed by atoms with Crippen LogP contribution in [0.15, 0.2) is 18.2 Å². The number of aromatic hydroxyl groups is 1. The van der Waals surface area contributed by atoms with Crippen molar-refractivity contribution in [1.82, 2.24) is 0 Å². The summed E-state index contributed by atoms with van der Waals surface area (Å²) in [5, 5.41) is 20.2. The van der Waals surface area contributed by atoms with E-state index in [1.165, 1.54) is 5.56 Å². The third-order valence-electron chi connectivity index (χ3n) is 6.95. The lowest BCUT2D eigenvalue weighted by molar-refractivity contribution is -0.110. The topological polar surface area (TPSA) is 57.5 Å². The number of phenols is 1. The minimum atomic E-state index is -0.186. The zero-order valence-corrected chi connectivity index (χ0v) is 13.0. The van der Waals surface area contributed by atoms with E-state index < -0.39 is 0 Å². The highest BCUT2D eigenvalue weighted by atomic mass is 16.3. The third kappa shape index (κ3) is 1.81. The summed E-state index contributed by atoms with van der Waals surface area (Å²) in [4.78, 5) is 11.6. The Morgan fingerprint density at radius 2 is 2.05 bits per heavy atom. The van der Waals surface area contributed by atoms with E-state index in [0.717, 1.165) is 44.0 Å². The molecule has 0 amide bonds. The van der Waals surface area contributed by atoms with Crippen molar-refractivity contribution in [3.63, 3.8) is 0 Å². The van der Waals surface area contributed by atoms with E-state index in [4.69, 9.17) is 0 Å². The van der Waals surface area contributed by atoms with Gasteiger partial charge in [-0.05, 0) is 78.5 Å². The molecule has 1 unspecified atom stereocenters. The smallest absolute Gasteiger partial charge is 0.127 e. The first-order chi connectivity index (χ1) is 10.5. The summed E-state index contributed by atoms with van der Waals surface area (Å²) in [6.07, 6.45) is 5.86. The predicted molar refractivity (Wildman–Crippen MR) is 83.8 cm³/mol. The van der Waals surface area contributed by atoms with Crippen molar-refractivity contribution in [1.29, 1.82) is 0 Å². The van der Waals surface area contributed by atoms with Crippen LogP contribution in [0.25, 0.3) is 0 Å². The van der Waals surface area contributed by atoms with Crippen LogP contribution < -0.4 is 0 Å². The van der Waals surface area contributed by atoms with Gasteiger partial charge < -0.3 is 15.0 Å². The number of aldehydes is 1. The maximum Gasteiger partial charge on any atom is 0.127 e. The van der Waals surface area contributed by atoms with Crippen molar-refractivity contribution in [3.05, 3.63) is 29.3 Å². The van der Waals surface area contributed by atoms with Gasteiger partial charge in [0.15, 0.2) is 0 Å². The van der Waals surface area contributed by atoms with E-state index in [9.17, 15) is 15.0 Å².